The van der Waals surface area contributed by atoms with Crippen LogP contribution in [0.1, 0.15) is 21.7 Å². The number of carbonyl (C=O) groups excluding carboxylic acids is 1. The Balaban J connectivity index is 1.76. The van der Waals surface area contributed by atoms with Crippen molar-refractivity contribution in [3.8, 4) is 0 Å². The van der Waals surface area contributed by atoms with Gasteiger partial charge < -0.3 is 9.88 Å². The van der Waals surface area contributed by atoms with Crippen LogP contribution in [0.15, 0.2) is 59.8 Å². The second-order valence-corrected chi connectivity index (χ2v) is 8.81. The summed E-state index contributed by atoms with van der Waals surface area (Å²) in [6, 6.07) is 11.4. The summed E-state index contributed by atoms with van der Waals surface area (Å²) in [5.74, 6) is 0.460. The molecule has 0 unspecified atom stereocenters. The maximum absolute atomic E-state index is 12.6. The van der Waals surface area contributed by atoms with Gasteiger partial charge in [-0.15, -0.1) is 0 Å². The number of hydrogen-bond donors (Lipinski definition) is 1. The Morgan fingerprint density at radius 3 is 2.53 bits per heavy atom. The molecule has 0 aliphatic heterocycles. The standard InChI is InChI=1S/C20H21ClN4O4S/c1-14-22-10-11-25(14)13-15-4-7-17(8-5-15)23-20(26)16-6-9-18(21)19(12-16)30(27,28)24(2)29-3/h4-12H,13H2,1-3H3,(H,23,26). The van der Waals surface area contributed by atoms with Gasteiger partial charge in [0.2, 0.25) is 0 Å². The third-order valence-electron chi connectivity index (χ3n) is 4.56. The molecule has 1 amide bonds. The number of nitrogens with one attached hydrogen (secondary N) is 1. The molecule has 8 nitrogen and oxygen atoms in total. The third kappa shape index (κ3) is 4.71. The van der Waals surface area contributed by atoms with Gasteiger partial charge in [-0.1, -0.05) is 28.2 Å². The van der Waals surface area contributed by atoms with Crippen LogP contribution in [0.4, 0.5) is 5.69 Å². The molecule has 158 valence electrons. The van der Waals surface area contributed by atoms with E-state index in [2.05, 4.69) is 10.3 Å². The number of halogens is 1. The number of sulfonamides is 1. The van der Waals surface area contributed by atoms with Gasteiger partial charge >= 0.3 is 0 Å². The fourth-order valence-corrected chi connectivity index (χ4v) is 4.22. The van der Waals surface area contributed by atoms with Crippen molar-refractivity contribution < 1.29 is 18.0 Å². The van der Waals surface area contributed by atoms with Gasteiger partial charge in [0.25, 0.3) is 15.9 Å². The first-order valence-electron chi connectivity index (χ1n) is 8.93. The van der Waals surface area contributed by atoms with E-state index in [9.17, 15) is 13.2 Å². The number of nitrogens with zero attached hydrogens (tertiary/aromatic N) is 3. The van der Waals surface area contributed by atoms with Gasteiger partial charge in [0, 0.05) is 37.2 Å². The van der Waals surface area contributed by atoms with E-state index in [1.807, 2.05) is 29.8 Å². The summed E-state index contributed by atoms with van der Waals surface area (Å²) in [5, 5.41) is 2.75. The molecule has 0 bridgehead atoms. The monoisotopic (exact) mass is 448 g/mol. The molecule has 0 aliphatic carbocycles. The van der Waals surface area contributed by atoms with Gasteiger partial charge in [0.05, 0.1) is 12.1 Å². The number of benzene rings is 2. The Hall–Kier alpha value is -2.72. The fraction of sp³-hybridized carbons (Fsp3) is 0.200. The molecule has 0 fully saturated rings. The molecule has 2 aromatic carbocycles. The molecule has 0 spiro atoms. The molecule has 1 N–H and O–H groups in total. The lowest BCUT2D eigenvalue weighted by atomic mass is 10.1. The normalized spacial score (nSPS) is 11.6. The van der Waals surface area contributed by atoms with E-state index >= 15 is 0 Å². The first kappa shape index (κ1) is 22.0. The van der Waals surface area contributed by atoms with Crippen molar-refractivity contribution >= 4 is 33.2 Å². The minimum Gasteiger partial charge on any atom is -0.331 e. The Morgan fingerprint density at radius 2 is 1.93 bits per heavy atom. The maximum Gasteiger partial charge on any atom is 0.266 e. The van der Waals surface area contributed by atoms with E-state index in [4.69, 9.17) is 16.4 Å². The summed E-state index contributed by atoms with van der Waals surface area (Å²) in [7, 11) is -1.53. The summed E-state index contributed by atoms with van der Waals surface area (Å²) in [5.41, 5.74) is 1.79. The topological polar surface area (TPSA) is 93.5 Å². The highest BCUT2D eigenvalue weighted by molar-refractivity contribution is 7.89. The average molecular weight is 449 g/mol. The Labute approximate surface area is 180 Å². The highest BCUT2D eigenvalue weighted by atomic mass is 35.5. The minimum absolute atomic E-state index is 0.00500. The van der Waals surface area contributed by atoms with E-state index in [0.717, 1.165) is 11.4 Å². The van der Waals surface area contributed by atoms with Gasteiger partial charge in [-0.2, -0.15) is 0 Å². The molecule has 0 radical (unpaired) electrons. The smallest absolute Gasteiger partial charge is 0.266 e. The Morgan fingerprint density at radius 1 is 1.23 bits per heavy atom. The molecule has 0 atom stereocenters. The minimum atomic E-state index is -3.99. The molecule has 0 aliphatic rings. The number of anilines is 1. The Bertz CT molecular complexity index is 1160. The van der Waals surface area contributed by atoms with Gasteiger partial charge in [0.15, 0.2) is 0 Å². The molecule has 1 heterocycles. The predicted octanol–water partition coefficient (Wildman–Crippen LogP) is 3.33. The van der Waals surface area contributed by atoms with Crippen molar-refractivity contribution in [3.05, 3.63) is 76.8 Å². The fourth-order valence-electron chi connectivity index (χ4n) is 2.74. The quantitative estimate of drug-likeness (QED) is 0.559. The third-order valence-corrected chi connectivity index (χ3v) is 6.72. The molecule has 3 rings (SSSR count). The van der Waals surface area contributed by atoms with Crippen molar-refractivity contribution in [1.29, 1.82) is 0 Å². The molecule has 0 saturated carbocycles. The van der Waals surface area contributed by atoms with Crippen LogP contribution in [0.5, 0.6) is 0 Å². The van der Waals surface area contributed by atoms with Crippen molar-refractivity contribution in [1.82, 2.24) is 14.0 Å². The first-order valence-corrected chi connectivity index (χ1v) is 10.7. The molecular weight excluding hydrogens is 428 g/mol. The molecule has 0 saturated heterocycles. The largest absolute Gasteiger partial charge is 0.331 e. The van der Waals surface area contributed by atoms with Crippen LogP contribution >= 0.6 is 11.6 Å². The lowest BCUT2D eigenvalue weighted by Gasteiger charge is -2.16. The lowest BCUT2D eigenvalue weighted by Crippen LogP contribution is -2.26. The van der Waals surface area contributed by atoms with E-state index in [-0.39, 0.29) is 15.5 Å². The van der Waals surface area contributed by atoms with E-state index in [1.54, 1.807) is 18.3 Å². The molecule has 1 aromatic heterocycles. The number of aryl methyl sites for hydroxylation is 1. The summed E-state index contributed by atoms with van der Waals surface area (Å²) in [6.07, 6.45) is 3.65. The average Bonchev–Trinajstić information content (AvgIpc) is 3.13. The zero-order chi connectivity index (χ0) is 21.9. The summed E-state index contributed by atoms with van der Waals surface area (Å²) in [6.45, 7) is 2.60. The van der Waals surface area contributed by atoms with Gasteiger partial charge in [-0.3, -0.25) is 9.63 Å². The number of hydrogen-bond acceptors (Lipinski definition) is 5. The highest BCUT2D eigenvalue weighted by Gasteiger charge is 2.25. The van der Waals surface area contributed by atoms with Gasteiger partial charge in [-0.25, -0.2) is 13.4 Å². The number of hydroxylamine groups is 1. The van der Waals surface area contributed by atoms with Gasteiger partial charge in [-0.05, 0) is 42.8 Å². The van der Waals surface area contributed by atoms with Crippen LogP contribution < -0.4 is 5.32 Å². The van der Waals surface area contributed by atoms with Crippen LogP contribution in [0.2, 0.25) is 5.02 Å². The van der Waals surface area contributed by atoms with Crippen LogP contribution in [0, 0.1) is 6.92 Å². The second-order valence-electron chi connectivity index (χ2n) is 6.50. The van der Waals surface area contributed by atoms with E-state index in [1.165, 1.54) is 32.4 Å². The predicted molar refractivity (Wildman–Crippen MR) is 114 cm³/mol. The summed E-state index contributed by atoms with van der Waals surface area (Å²) >= 11 is 6.03. The highest BCUT2D eigenvalue weighted by Crippen LogP contribution is 2.26. The number of amides is 1. The van der Waals surface area contributed by atoms with E-state index < -0.39 is 15.9 Å². The first-order chi connectivity index (χ1) is 14.2. The van der Waals surface area contributed by atoms with Crippen LogP contribution in [-0.2, 0) is 21.4 Å². The van der Waals surface area contributed by atoms with E-state index in [0.29, 0.717) is 16.7 Å². The molecular formula is C20H21ClN4O4S. The van der Waals surface area contributed by atoms with Crippen molar-refractivity contribution in [3.63, 3.8) is 0 Å². The Kier molecular flexibility index (Phi) is 6.57. The zero-order valence-corrected chi connectivity index (χ0v) is 18.2. The summed E-state index contributed by atoms with van der Waals surface area (Å²) < 4.78 is 27.7. The van der Waals surface area contributed by atoms with Crippen LogP contribution in [0.3, 0.4) is 0 Å². The zero-order valence-electron chi connectivity index (χ0n) is 16.7. The van der Waals surface area contributed by atoms with Gasteiger partial charge in [0.1, 0.15) is 10.7 Å². The van der Waals surface area contributed by atoms with Crippen LogP contribution in [-0.4, -0.2) is 42.5 Å². The lowest BCUT2D eigenvalue weighted by molar-refractivity contribution is -0.0258. The SMILES string of the molecule is CON(C)S(=O)(=O)c1cc(C(=O)Nc2ccc(Cn3ccnc3C)cc2)ccc1Cl. The number of aromatic nitrogens is 2. The number of carbonyl (C=O) groups is 1. The summed E-state index contributed by atoms with van der Waals surface area (Å²) in [4.78, 5) is 21.4. The van der Waals surface area contributed by atoms with Crippen LogP contribution in [0.25, 0.3) is 0 Å². The molecule has 10 heteroatoms. The number of imidazole rings is 1. The maximum atomic E-state index is 12.6. The van der Waals surface area contributed by atoms with Crippen molar-refractivity contribution in [2.75, 3.05) is 19.5 Å². The van der Waals surface area contributed by atoms with Crippen molar-refractivity contribution in [2.45, 2.75) is 18.4 Å². The molecule has 30 heavy (non-hydrogen) atoms. The number of rotatable bonds is 7. The van der Waals surface area contributed by atoms with Crippen molar-refractivity contribution in [2.24, 2.45) is 0 Å². The molecule has 3 aromatic rings. The second kappa shape index (κ2) is 8.97.